The minimum atomic E-state index is -2.64. The van der Waals surface area contributed by atoms with Crippen molar-refractivity contribution in [1.82, 2.24) is 9.88 Å². The van der Waals surface area contributed by atoms with Crippen molar-refractivity contribution in [2.75, 3.05) is 31.1 Å². The zero-order valence-electron chi connectivity index (χ0n) is 12.4. The molecule has 2 fully saturated rings. The van der Waals surface area contributed by atoms with E-state index in [1.165, 1.54) is 6.20 Å². The van der Waals surface area contributed by atoms with Crippen LogP contribution in [0.5, 0.6) is 0 Å². The average molecular weight is 364 g/mol. The highest BCUT2D eigenvalue weighted by Crippen LogP contribution is 2.32. The Morgan fingerprint density at radius 2 is 1.96 bits per heavy atom. The predicted octanol–water partition coefficient (Wildman–Crippen LogP) is 3.47. The van der Waals surface area contributed by atoms with Crippen LogP contribution in [-0.4, -0.2) is 47.9 Å². The molecule has 4 nitrogen and oxygen atoms in total. The first kappa shape index (κ1) is 16.7. The van der Waals surface area contributed by atoms with Crippen LogP contribution in [0.15, 0.2) is 12.3 Å². The van der Waals surface area contributed by atoms with E-state index in [1.54, 1.807) is 11.0 Å². The van der Waals surface area contributed by atoms with Crippen LogP contribution in [-0.2, 0) is 4.79 Å². The number of likely N-dealkylation sites (tertiary alicyclic amines) is 1. The summed E-state index contributed by atoms with van der Waals surface area (Å²) in [6.45, 7) is 1.42. The number of aromatic nitrogens is 1. The molecule has 0 saturated carbocycles. The lowest BCUT2D eigenvalue weighted by Gasteiger charge is -2.33. The van der Waals surface area contributed by atoms with Crippen LogP contribution < -0.4 is 4.90 Å². The number of piperidine rings is 1. The molecule has 2 aliphatic rings. The van der Waals surface area contributed by atoms with Gasteiger partial charge in [-0.3, -0.25) is 4.79 Å². The Morgan fingerprint density at radius 3 is 2.61 bits per heavy atom. The molecule has 3 rings (SSSR count). The van der Waals surface area contributed by atoms with Crippen LogP contribution in [0.2, 0.25) is 10.0 Å². The Bertz CT molecular complexity index is 604. The van der Waals surface area contributed by atoms with E-state index >= 15 is 0 Å². The largest absolute Gasteiger partial charge is 0.355 e. The molecule has 2 aliphatic heterocycles. The van der Waals surface area contributed by atoms with E-state index in [9.17, 15) is 13.6 Å². The van der Waals surface area contributed by atoms with E-state index in [0.717, 1.165) is 0 Å². The van der Waals surface area contributed by atoms with Gasteiger partial charge in [0.05, 0.1) is 16.0 Å². The minimum Gasteiger partial charge on any atom is -0.355 e. The summed E-state index contributed by atoms with van der Waals surface area (Å²) in [5.41, 5.74) is 0. The Hall–Kier alpha value is -1.14. The third-order valence-corrected chi connectivity index (χ3v) is 4.92. The summed E-state index contributed by atoms with van der Waals surface area (Å²) < 4.78 is 26.4. The topological polar surface area (TPSA) is 36.4 Å². The molecule has 1 aromatic heterocycles. The van der Waals surface area contributed by atoms with Gasteiger partial charge in [0.25, 0.3) is 5.92 Å². The molecule has 0 N–H and O–H groups in total. The van der Waals surface area contributed by atoms with Gasteiger partial charge in [0.15, 0.2) is 0 Å². The first-order valence-electron chi connectivity index (χ1n) is 7.58. The molecule has 2 saturated heterocycles. The molecule has 0 aliphatic carbocycles. The Morgan fingerprint density at radius 1 is 1.26 bits per heavy atom. The number of amides is 1. The molecule has 1 amide bonds. The Labute approximate surface area is 143 Å². The van der Waals surface area contributed by atoms with Crippen molar-refractivity contribution in [3.05, 3.63) is 22.3 Å². The summed E-state index contributed by atoms with van der Waals surface area (Å²) in [5.74, 6) is -2.28. The van der Waals surface area contributed by atoms with Gasteiger partial charge in [-0.2, -0.15) is 0 Å². The summed E-state index contributed by atoms with van der Waals surface area (Å²) in [5, 5.41) is 0.906. The van der Waals surface area contributed by atoms with Crippen molar-refractivity contribution >= 4 is 34.9 Å². The number of anilines is 1. The van der Waals surface area contributed by atoms with Crippen LogP contribution in [0.3, 0.4) is 0 Å². The number of carbonyl (C=O) groups excluding carboxylic acids is 1. The fraction of sp³-hybridized carbons (Fsp3) is 0.600. The maximum Gasteiger partial charge on any atom is 0.251 e. The van der Waals surface area contributed by atoms with E-state index in [2.05, 4.69) is 4.98 Å². The Balaban J connectivity index is 1.62. The van der Waals surface area contributed by atoms with Gasteiger partial charge in [-0.05, 0) is 12.5 Å². The van der Waals surface area contributed by atoms with E-state index in [-0.39, 0.29) is 37.8 Å². The number of rotatable bonds is 2. The summed E-state index contributed by atoms with van der Waals surface area (Å²) in [6.07, 6.45) is 1.69. The molecule has 1 atom stereocenters. The SMILES string of the molecule is O=C(C1CCN(c2ncc(Cl)cc2Cl)C1)N1CCC(F)(F)CC1. The minimum absolute atomic E-state index is 0.0481. The van der Waals surface area contributed by atoms with Crippen molar-refractivity contribution in [3.8, 4) is 0 Å². The molecule has 1 unspecified atom stereocenters. The van der Waals surface area contributed by atoms with Crippen LogP contribution >= 0.6 is 23.2 Å². The predicted molar refractivity (Wildman–Crippen MR) is 85.3 cm³/mol. The highest BCUT2D eigenvalue weighted by molar-refractivity contribution is 6.36. The standard InChI is InChI=1S/C15H17Cl2F2N3O/c16-11-7-12(17)13(20-8-11)22-4-1-10(9-22)14(23)21-5-2-15(18,19)3-6-21/h7-8,10H,1-6,9H2. The van der Waals surface area contributed by atoms with Gasteiger partial charge in [0.1, 0.15) is 5.82 Å². The fourth-order valence-corrected chi connectivity index (χ4v) is 3.61. The lowest BCUT2D eigenvalue weighted by atomic mass is 10.0. The molecule has 23 heavy (non-hydrogen) atoms. The molecule has 0 spiro atoms. The zero-order chi connectivity index (χ0) is 16.6. The lowest BCUT2D eigenvalue weighted by molar-refractivity contribution is -0.140. The quantitative estimate of drug-likeness (QED) is 0.806. The number of hydrogen-bond acceptors (Lipinski definition) is 3. The number of nitrogens with zero attached hydrogens (tertiary/aromatic N) is 3. The first-order valence-corrected chi connectivity index (χ1v) is 8.34. The van der Waals surface area contributed by atoms with Crippen molar-refractivity contribution in [2.24, 2.45) is 5.92 Å². The second-order valence-corrected chi connectivity index (χ2v) is 6.92. The molecule has 8 heteroatoms. The van der Waals surface area contributed by atoms with Gasteiger partial charge < -0.3 is 9.80 Å². The van der Waals surface area contributed by atoms with E-state index in [4.69, 9.17) is 23.2 Å². The van der Waals surface area contributed by atoms with Gasteiger partial charge in [-0.15, -0.1) is 0 Å². The molecule has 0 aromatic carbocycles. The van der Waals surface area contributed by atoms with Gasteiger partial charge in [-0.25, -0.2) is 13.8 Å². The van der Waals surface area contributed by atoms with Crippen molar-refractivity contribution in [1.29, 1.82) is 0 Å². The van der Waals surface area contributed by atoms with Crippen LogP contribution in [0.1, 0.15) is 19.3 Å². The number of hydrogen-bond donors (Lipinski definition) is 0. The average Bonchev–Trinajstić information content (AvgIpc) is 2.96. The summed E-state index contributed by atoms with van der Waals surface area (Å²) in [7, 11) is 0. The van der Waals surface area contributed by atoms with Crippen molar-refractivity contribution in [2.45, 2.75) is 25.2 Å². The third kappa shape index (κ3) is 3.69. The van der Waals surface area contributed by atoms with Gasteiger partial charge >= 0.3 is 0 Å². The van der Waals surface area contributed by atoms with Crippen LogP contribution in [0.4, 0.5) is 14.6 Å². The van der Waals surface area contributed by atoms with E-state index in [0.29, 0.717) is 35.4 Å². The normalized spacial score (nSPS) is 24.1. The molecule has 126 valence electrons. The van der Waals surface area contributed by atoms with Crippen LogP contribution in [0.25, 0.3) is 0 Å². The van der Waals surface area contributed by atoms with E-state index in [1.807, 2.05) is 4.90 Å². The Kier molecular flexibility index (Phi) is 4.65. The highest BCUT2D eigenvalue weighted by Gasteiger charge is 2.39. The summed E-state index contributed by atoms with van der Waals surface area (Å²) >= 11 is 12.0. The zero-order valence-corrected chi connectivity index (χ0v) is 14.0. The number of halogens is 4. The van der Waals surface area contributed by atoms with Crippen molar-refractivity contribution < 1.29 is 13.6 Å². The first-order chi connectivity index (χ1) is 10.9. The molecule has 0 bridgehead atoms. The monoisotopic (exact) mass is 363 g/mol. The van der Waals surface area contributed by atoms with Gasteiger partial charge in [-0.1, -0.05) is 23.2 Å². The third-order valence-electron chi connectivity index (χ3n) is 4.43. The number of carbonyl (C=O) groups is 1. The maximum atomic E-state index is 13.2. The molecule has 3 heterocycles. The molecule has 1 aromatic rings. The lowest BCUT2D eigenvalue weighted by Crippen LogP contribution is -2.45. The highest BCUT2D eigenvalue weighted by atomic mass is 35.5. The van der Waals surface area contributed by atoms with Crippen LogP contribution in [0, 0.1) is 5.92 Å². The number of pyridine rings is 1. The molecular weight excluding hydrogens is 347 g/mol. The van der Waals surface area contributed by atoms with Crippen molar-refractivity contribution in [3.63, 3.8) is 0 Å². The van der Waals surface area contributed by atoms with E-state index < -0.39 is 5.92 Å². The smallest absolute Gasteiger partial charge is 0.251 e. The number of alkyl halides is 2. The fourth-order valence-electron chi connectivity index (χ4n) is 3.11. The second kappa shape index (κ2) is 6.40. The second-order valence-electron chi connectivity index (χ2n) is 6.07. The van der Waals surface area contributed by atoms with Gasteiger partial charge in [0, 0.05) is 45.2 Å². The summed E-state index contributed by atoms with van der Waals surface area (Å²) in [4.78, 5) is 20.2. The maximum absolute atomic E-state index is 13.2. The molecule has 0 radical (unpaired) electrons. The molecular formula is C15H17Cl2F2N3O. The summed E-state index contributed by atoms with van der Waals surface area (Å²) in [6, 6.07) is 1.62. The van der Waals surface area contributed by atoms with Gasteiger partial charge in [0.2, 0.25) is 5.91 Å².